The van der Waals surface area contributed by atoms with E-state index in [9.17, 15) is 4.79 Å². The monoisotopic (exact) mass is 591 g/mol. The molecule has 0 aromatic heterocycles. The van der Waals surface area contributed by atoms with Gasteiger partial charge in [0.1, 0.15) is 0 Å². The zero-order chi connectivity index (χ0) is 30.6. The summed E-state index contributed by atoms with van der Waals surface area (Å²) >= 11 is 0. The standard InChI is InChI=1S/C40H78O2/c1-4-5-6-7-8-9-10-11-12-13-16-19-22-25-28-31-34-37-40(41)42-38-35-32-29-26-23-20-17-14-15-18-21-24-27-30-33-36-39(2)3/h11-12,39H,4-10,13-38H2,1-3H3. The number of rotatable bonds is 35. The highest BCUT2D eigenvalue weighted by molar-refractivity contribution is 5.69. The van der Waals surface area contributed by atoms with Crippen molar-refractivity contribution in [3.05, 3.63) is 12.2 Å². The second kappa shape index (κ2) is 36.4. The van der Waals surface area contributed by atoms with Gasteiger partial charge < -0.3 is 4.74 Å². The van der Waals surface area contributed by atoms with Gasteiger partial charge in [-0.2, -0.15) is 0 Å². The molecule has 0 aromatic carbocycles. The predicted octanol–water partition coefficient (Wildman–Crippen LogP) is 14.2. The molecule has 0 radical (unpaired) electrons. The van der Waals surface area contributed by atoms with Crippen LogP contribution in [0.5, 0.6) is 0 Å². The average Bonchev–Trinajstić information content (AvgIpc) is 2.98. The summed E-state index contributed by atoms with van der Waals surface area (Å²) in [6.45, 7) is 7.58. The normalized spacial score (nSPS) is 11.7. The topological polar surface area (TPSA) is 26.3 Å². The lowest BCUT2D eigenvalue weighted by atomic mass is 10.0. The van der Waals surface area contributed by atoms with Crippen LogP contribution < -0.4 is 0 Å². The molecule has 0 aliphatic heterocycles. The largest absolute Gasteiger partial charge is 0.466 e. The van der Waals surface area contributed by atoms with E-state index in [1.54, 1.807) is 0 Å². The van der Waals surface area contributed by atoms with Gasteiger partial charge in [0.2, 0.25) is 0 Å². The third-order valence-electron chi connectivity index (χ3n) is 8.83. The molecule has 2 heteroatoms. The molecule has 0 aliphatic carbocycles. The van der Waals surface area contributed by atoms with E-state index in [0.717, 1.165) is 18.8 Å². The molecular formula is C40H78O2. The number of allylic oxidation sites excluding steroid dienone is 2. The zero-order valence-corrected chi connectivity index (χ0v) is 29.4. The van der Waals surface area contributed by atoms with E-state index >= 15 is 0 Å². The Labute approximate surface area is 266 Å². The smallest absolute Gasteiger partial charge is 0.305 e. The van der Waals surface area contributed by atoms with Crippen LogP contribution in [-0.4, -0.2) is 12.6 Å². The van der Waals surface area contributed by atoms with Crippen LogP contribution in [0.15, 0.2) is 12.2 Å². The third kappa shape index (κ3) is 37.2. The molecule has 0 aromatic rings. The maximum atomic E-state index is 12.0. The Balaban J connectivity index is 3.18. The van der Waals surface area contributed by atoms with Gasteiger partial charge in [-0.25, -0.2) is 0 Å². The van der Waals surface area contributed by atoms with Crippen molar-refractivity contribution >= 4 is 5.97 Å². The van der Waals surface area contributed by atoms with Crippen molar-refractivity contribution in [3.8, 4) is 0 Å². The lowest BCUT2D eigenvalue weighted by Crippen LogP contribution is -2.05. The molecule has 0 unspecified atom stereocenters. The maximum absolute atomic E-state index is 12.0. The van der Waals surface area contributed by atoms with Crippen LogP contribution in [0.2, 0.25) is 0 Å². The minimum atomic E-state index is 0.0221. The molecule has 0 spiro atoms. The Bertz CT molecular complexity index is 538. The van der Waals surface area contributed by atoms with Gasteiger partial charge in [-0.1, -0.05) is 193 Å². The summed E-state index contributed by atoms with van der Waals surface area (Å²) in [7, 11) is 0. The molecule has 0 rings (SSSR count). The molecule has 0 N–H and O–H groups in total. The first-order valence-electron chi connectivity index (χ1n) is 19.5. The highest BCUT2D eigenvalue weighted by Crippen LogP contribution is 2.15. The number of ether oxygens (including phenoxy) is 1. The van der Waals surface area contributed by atoms with Crippen molar-refractivity contribution in [2.24, 2.45) is 5.92 Å². The SMILES string of the molecule is CCCCCCCCC=CCCCCCCCCCC(=O)OCCCCCCCCCCCCCCCCCC(C)C. The molecule has 0 aliphatic rings. The Hall–Kier alpha value is -0.790. The van der Waals surface area contributed by atoms with Crippen LogP contribution in [0.4, 0.5) is 0 Å². The Morgan fingerprint density at radius 2 is 0.833 bits per heavy atom. The summed E-state index contributed by atoms with van der Waals surface area (Å²) in [6, 6.07) is 0. The van der Waals surface area contributed by atoms with Gasteiger partial charge in [-0.05, 0) is 44.4 Å². The van der Waals surface area contributed by atoms with E-state index in [4.69, 9.17) is 4.74 Å². The molecular weight excluding hydrogens is 512 g/mol. The quantitative estimate of drug-likeness (QED) is 0.0417. The minimum Gasteiger partial charge on any atom is -0.466 e. The Morgan fingerprint density at radius 1 is 0.476 bits per heavy atom. The minimum absolute atomic E-state index is 0.0221. The van der Waals surface area contributed by atoms with Crippen molar-refractivity contribution in [3.63, 3.8) is 0 Å². The Kier molecular flexibility index (Phi) is 35.7. The molecule has 250 valence electrons. The van der Waals surface area contributed by atoms with Gasteiger partial charge >= 0.3 is 5.97 Å². The van der Waals surface area contributed by atoms with Crippen LogP contribution in [0, 0.1) is 5.92 Å². The van der Waals surface area contributed by atoms with E-state index in [1.165, 1.54) is 186 Å². The van der Waals surface area contributed by atoms with Crippen LogP contribution >= 0.6 is 0 Å². The average molecular weight is 591 g/mol. The predicted molar refractivity (Wildman–Crippen MR) is 188 cm³/mol. The highest BCUT2D eigenvalue weighted by atomic mass is 16.5. The summed E-state index contributed by atoms with van der Waals surface area (Å²) < 4.78 is 5.45. The van der Waals surface area contributed by atoms with Gasteiger partial charge in [0.15, 0.2) is 0 Å². The van der Waals surface area contributed by atoms with Crippen molar-refractivity contribution < 1.29 is 9.53 Å². The van der Waals surface area contributed by atoms with Crippen molar-refractivity contribution in [2.75, 3.05) is 6.61 Å². The maximum Gasteiger partial charge on any atom is 0.305 e. The number of unbranched alkanes of at least 4 members (excludes halogenated alkanes) is 27. The van der Waals surface area contributed by atoms with Crippen LogP contribution in [0.1, 0.15) is 226 Å². The van der Waals surface area contributed by atoms with Crippen molar-refractivity contribution in [2.45, 2.75) is 226 Å². The van der Waals surface area contributed by atoms with Gasteiger partial charge in [0, 0.05) is 6.42 Å². The molecule has 0 heterocycles. The summed E-state index contributed by atoms with van der Waals surface area (Å²) in [4.78, 5) is 12.0. The summed E-state index contributed by atoms with van der Waals surface area (Å²) in [5.41, 5.74) is 0. The summed E-state index contributed by atoms with van der Waals surface area (Å²) in [6.07, 6.45) is 47.1. The van der Waals surface area contributed by atoms with E-state index in [0.29, 0.717) is 13.0 Å². The van der Waals surface area contributed by atoms with Gasteiger partial charge in [-0.3, -0.25) is 4.79 Å². The molecule has 0 fully saturated rings. The molecule has 0 bridgehead atoms. The second-order valence-electron chi connectivity index (χ2n) is 13.7. The van der Waals surface area contributed by atoms with Crippen molar-refractivity contribution in [1.82, 2.24) is 0 Å². The fraction of sp³-hybridized carbons (Fsp3) is 0.925. The lowest BCUT2D eigenvalue weighted by Gasteiger charge is -2.06. The first kappa shape index (κ1) is 41.2. The van der Waals surface area contributed by atoms with Crippen molar-refractivity contribution in [1.29, 1.82) is 0 Å². The molecule has 0 amide bonds. The van der Waals surface area contributed by atoms with Crippen LogP contribution in [-0.2, 0) is 9.53 Å². The van der Waals surface area contributed by atoms with E-state index < -0.39 is 0 Å². The van der Waals surface area contributed by atoms with E-state index in [1.807, 2.05) is 0 Å². The summed E-state index contributed by atoms with van der Waals surface area (Å²) in [5, 5.41) is 0. The first-order valence-corrected chi connectivity index (χ1v) is 19.5. The molecule has 0 saturated carbocycles. The number of carbonyl (C=O) groups is 1. The first-order chi connectivity index (χ1) is 20.7. The van der Waals surface area contributed by atoms with Gasteiger partial charge in [-0.15, -0.1) is 0 Å². The fourth-order valence-corrected chi connectivity index (χ4v) is 5.90. The summed E-state index contributed by atoms with van der Waals surface area (Å²) in [5.74, 6) is 0.899. The molecule has 0 saturated heterocycles. The van der Waals surface area contributed by atoms with Crippen LogP contribution in [0.25, 0.3) is 0 Å². The van der Waals surface area contributed by atoms with Crippen LogP contribution in [0.3, 0.4) is 0 Å². The third-order valence-corrected chi connectivity index (χ3v) is 8.83. The van der Waals surface area contributed by atoms with Gasteiger partial charge in [0.05, 0.1) is 6.61 Å². The molecule has 42 heavy (non-hydrogen) atoms. The highest BCUT2D eigenvalue weighted by Gasteiger charge is 2.03. The Morgan fingerprint density at radius 3 is 1.26 bits per heavy atom. The molecule has 0 atom stereocenters. The number of hydrogen-bond acceptors (Lipinski definition) is 2. The second-order valence-corrected chi connectivity index (χ2v) is 13.7. The zero-order valence-electron chi connectivity index (χ0n) is 29.4. The van der Waals surface area contributed by atoms with Gasteiger partial charge in [0.25, 0.3) is 0 Å². The lowest BCUT2D eigenvalue weighted by molar-refractivity contribution is -0.143. The van der Waals surface area contributed by atoms with E-state index in [-0.39, 0.29) is 5.97 Å². The number of carbonyl (C=O) groups excluding carboxylic acids is 1. The van der Waals surface area contributed by atoms with E-state index in [2.05, 4.69) is 32.9 Å². The number of hydrogen-bond donors (Lipinski definition) is 0. The molecule has 2 nitrogen and oxygen atoms in total. The fourth-order valence-electron chi connectivity index (χ4n) is 5.90. The number of esters is 1.